The van der Waals surface area contributed by atoms with Gasteiger partial charge in [0.25, 0.3) is 5.91 Å². The second kappa shape index (κ2) is 8.17. The third-order valence-corrected chi connectivity index (χ3v) is 5.24. The molecular weight excluding hydrogens is 374 g/mol. The number of carbonyl (C=O) groups is 1. The number of rotatable bonds is 4. The minimum Gasteiger partial charge on any atom is -0.378 e. The molecule has 0 saturated carbocycles. The molecule has 2 aromatic carbocycles. The van der Waals surface area contributed by atoms with Crippen LogP contribution in [0.5, 0.6) is 0 Å². The molecule has 0 bridgehead atoms. The van der Waals surface area contributed by atoms with Crippen LogP contribution >= 0.6 is 11.6 Å². The van der Waals surface area contributed by atoms with Crippen LogP contribution in [0, 0.1) is 0 Å². The zero-order valence-corrected chi connectivity index (χ0v) is 16.4. The highest BCUT2D eigenvalue weighted by Crippen LogP contribution is 2.23. The third kappa shape index (κ3) is 3.96. The lowest BCUT2D eigenvalue weighted by molar-refractivity contribution is 0.0941. The van der Waals surface area contributed by atoms with Gasteiger partial charge in [-0.3, -0.25) is 4.79 Å². The maximum absolute atomic E-state index is 12.9. The average molecular weight is 396 g/mol. The Kier molecular flexibility index (Phi) is 5.46. The van der Waals surface area contributed by atoms with Crippen molar-refractivity contribution in [1.82, 2.24) is 10.3 Å². The van der Waals surface area contributed by atoms with E-state index < -0.39 is 0 Å². The van der Waals surface area contributed by atoms with Crippen molar-refractivity contribution in [1.29, 1.82) is 0 Å². The molecule has 0 radical (unpaired) electrons. The number of benzene rings is 2. The number of ether oxygens (including phenoxy) is 1. The standard InChI is InChI=1S/C22H22ClN3O2/c1-15(16-6-8-17(9-7-16)26-10-12-28-13-11-26)24-22(27)19-14-21(23)25-20-5-3-2-4-18(19)20/h2-9,14-15H,10-13H2,1H3,(H,24,27). The number of carbonyl (C=O) groups excluding carboxylic acids is 1. The zero-order valence-electron chi connectivity index (χ0n) is 15.7. The van der Waals surface area contributed by atoms with Gasteiger partial charge in [-0.15, -0.1) is 0 Å². The number of hydrogen-bond acceptors (Lipinski definition) is 4. The maximum Gasteiger partial charge on any atom is 0.252 e. The van der Waals surface area contributed by atoms with Gasteiger partial charge in [-0.25, -0.2) is 4.98 Å². The van der Waals surface area contributed by atoms with E-state index in [-0.39, 0.29) is 11.9 Å². The summed E-state index contributed by atoms with van der Waals surface area (Å²) in [4.78, 5) is 19.5. The number of fused-ring (bicyclic) bond motifs is 1. The molecule has 1 aliphatic heterocycles. The van der Waals surface area contributed by atoms with Gasteiger partial charge in [-0.05, 0) is 36.8 Å². The number of morpholine rings is 1. The molecule has 6 heteroatoms. The van der Waals surface area contributed by atoms with Crippen LogP contribution in [-0.2, 0) is 4.74 Å². The minimum absolute atomic E-state index is 0.128. The Balaban J connectivity index is 1.50. The van der Waals surface area contributed by atoms with Crippen LogP contribution in [0.4, 0.5) is 5.69 Å². The van der Waals surface area contributed by atoms with E-state index in [0.29, 0.717) is 16.2 Å². The van der Waals surface area contributed by atoms with Crippen molar-refractivity contribution in [3.63, 3.8) is 0 Å². The van der Waals surface area contributed by atoms with Crippen LogP contribution in [-0.4, -0.2) is 37.2 Å². The Morgan fingerprint density at radius 2 is 1.86 bits per heavy atom. The summed E-state index contributed by atoms with van der Waals surface area (Å²) in [5, 5.41) is 4.17. The second-order valence-corrected chi connectivity index (χ2v) is 7.28. The molecule has 1 aromatic heterocycles. The van der Waals surface area contributed by atoms with Crippen LogP contribution in [0.1, 0.15) is 28.9 Å². The van der Waals surface area contributed by atoms with Crippen molar-refractivity contribution in [3.8, 4) is 0 Å². The SMILES string of the molecule is CC(NC(=O)c1cc(Cl)nc2ccccc12)c1ccc(N2CCOCC2)cc1. The van der Waals surface area contributed by atoms with Crippen molar-refractivity contribution in [2.24, 2.45) is 0 Å². The number of amides is 1. The minimum atomic E-state index is -0.162. The molecule has 28 heavy (non-hydrogen) atoms. The third-order valence-electron chi connectivity index (χ3n) is 5.05. The van der Waals surface area contributed by atoms with E-state index >= 15 is 0 Å². The van der Waals surface area contributed by atoms with E-state index in [9.17, 15) is 4.79 Å². The summed E-state index contributed by atoms with van der Waals surface area (Å²) in [5.41, 5.74) is 3.47. The van der Waals surface area contributed by atoms with E-state index in [1.807, 2.05) is 31.2 Å². The zero-order chi connectivity index (χ0) is 19.5. The van der Waals surface area contributed by atoms with Crippen molar-refractivity contribution in [3.05, 3.63) is 70.9 Å². The van der Waals surface area contributed by atoms with Crippen LogP contribution in [0.15, 0.2) is 54.6 Å². The normalized spacial score (nSPS) is 15.4. The molecule has 5 nitrogen and oxygen atoms in total. The molecule has 4 rings (SSSR count). The van der Waals surface area contributed by atoms with E-state index in [0.717, 1.165) is 37.3 Å². The summed E-state index contributed by atoms with van der Waals surface area (Å²) in [6.45, 7) is 5.31. The number of hydrogen-bond donors (Lipinski definition) is 1. The van der Waals surface area contributed by atoms with Crippen molar-refractivity contribution >= 4 is 34.1 Å². The summed E-state index contributed by atoms with van der Waals surface area (Å²) in [5.74, 6) is -0.162. The first-order valence-corrected chi connectivity index (χ1v) is 9.78. The Morgan fingerprint density at radius 1 is 1.14 bits per heavy atom. The summed E-state index contributed by atoms with van der Waals surface area (Å²) in [6.07, 6.45) is 0. The number of pyridine rings is 1. The number of anilines is 1. The van der Waals surface area contributed by atoms with Crippen LogP contribution in [0.2, 0.25) is 5.15 Å². The highest BCUT2D eigenvalue weighted by atomic mass is 35.5. The molecule has 1 unspecified atom stereocenters. The van der Waals surface area contributed by atoms with E-state index in [1.54, 1.807) is 6.07 Å². The Hall–Kier alpha value is -2.63. The molecule has 1 fully saturated rings. The van der Waals surface area contributed by atoms with Gasteiger partial charge in [-0.2, -0.15) is 0 Å². The highest BCUT2D eigenvalue weighted by molar-refractivity contribution is 6.30. The first kappa shape index (κ1) is 18.7. The Morgan fingerprint density at radius 3 is 2.61 bits per heavy atom. The molecule has 3 aromatic rings. The molecule has 1 atom stereocenters. The first-order valence-electron chi connectivity index (χ1n) is 9.40. The van der Waals surface area contributed by atoms with Gasteiger partial charge in [-0.1, -0.05) is 41.9 Å². The molecule has 0 spiro atoms. The smallest absolute Gasteiger partial charge is 0.252 e. The van der Waals surface area contributed by atoms with Crippen molar-refractivity contribution < 1.29 is 9.53 Å². The fourth-order valence-corrected chi connectivity index (χ4v) is 3.68. The quantitative estimate of drug-likeness (QED) is 0.672. The molecule has 1 aliphatic rings. The number of nitrogens with zero attached hydrogens (tertiary/aromatic N) is 2. The summed E-state index contributed by atoms with van der Waals surface area (Å²) < 4.78 is 5.40. The molecule has 1 N–H and O–H groups in total. The predicted molar refractivity (Wildman–Crippen MR) is 112 cm³/mol. The fraction of sp³-hybridized carbons (Fsp3) is 0.273. The second-order valence-electron chi connectivity index (χ2n) is 6.90. The van der Waals surface area contributed by atoms with Gasteiger partial charge in [0.15, 0.2) is 0 Å². The lowest BCUT2D eigenvalue weighted by Crippen LogP contribution is -2.36. The Bertz CT molecular complexity index is 985. The molecule has 1 saturated heterocycles. The lowest BCUT2D eigenvalue weighted by atomic mass is 10.1. The van der Waals surface area contributed by atoms with E-state index in [2.05, 4.69) is 39.5 Å². The number of nitrogens with one attached hydrogen (secondary N) is 1. The van der Waals surface area contributed by atoms with Gasteiger partial charge in [0.2, 0.25) is 0 Å². The summed E-state index contributed by atoms with van der Waals surface area (Å²) in [6, 6.07) is 17.3. The fourth-order valence-electron chi connectivity index (χ4n) is 3.48. The van der Waals surface area contributed by atoms with Gasteiger partial charge in [0, 0.05) is 24.2 Å². The van der Waals surface area contributed by atoms with Crippen LogP contribution < -0.4 is 10.2 Å². The number of para-hydroxylation sites is 1. The van der Waals surface area contributed by atoms with Crippen LogP contribution in [0.3, 0.4) is 0 Å². The molecule has 0 aliphatic carbocycles. The van der Waals surface area contributed by atoms with Crippen molar-refractivity contribution in [2.45, 2.75) is 13.0 Å². The first-order chi connectivity index (χ1) is 13.6. The Labute approximate surface area is 169 Å². The van der Waals surface area contributed by atoms with Crippen LogP contribution in [0.25, 0.3) is 10.9 Å². The number of halogens is 1. The molecular formula is C22H22ClN3O2. The summed E-state index contributed by atoms with van der Waals surface area (Å²) in [7, 11) is 0. The lowest BCUT2D eigenvalue weighted by Gasteiger charge is -2.29. The van der Waals surface area contributed by atoms with E-state index in [4.69, 9.17) is 16.3 Å². The molecule has 1 amide bonds. The predicted octanol–water partition coefficient (Wildman–Crippen LogP) is 4.22. The number of aromatic nitrogens is 1. The van der Waals surface area contributed by atoms with Gasteiger partial charge in [0.1, 0.15) is 5.15 Å². The van der Waals surface area contributed by atoms with Gasteiger partial charge >= 0.3 is 0 Å². The average Bonchev–Trinajstić information content (AvgIpc) is 2.73. The van der Waals surface area contributed by atoms with Crippen molar-refractivity contribution in [2.75, 3.05) is 31.2 Å². The highest BCUT2D eigenvalue weighted by Gasteiger charge is 2.16. The van der Waals surface area contributed by atoms with Gasteiger partial charge in [0.05, 0.1) is 30.3 Å². The largest absolute Gasteiger partial charge is 0.378 e. The van der Waals surface area contributed by atoms with E-state index in [1.165, 1.54) is 5.69 Å². The molecule has 144 valence electrons. The summed E-state index contributed by atoms with van der Waals surface area (Å²) >= 11 is 6.11. The maximum atomic E-state index is 12.9. The van der Waals surface area contributed by atoms with Gasteiger partial charge < -0.3 is 15.0 Å². The topological polar surface area (TPSA) is 54.5 Å². The monoisotopic (exact) mass is 395 g/mol. The molecule has 2 heterocycles.